The van der Waals surface area contributed by atoms with Crippen LogP contribution in [0.3, 0.4) is 0 Å². The minimum absolute atomic E-state index is 0.185. The van der Waals surface area contributed by atoms with Gasteiger partial charge in [0.15, 0.2) is 11.6 Å². The number of hydrogen-bond acceptors (Lipinski definition) is 4. The van der Waals surface area contributed by atoms with Gasteiger partial charge in [0.1, 0.15) is 12.1 Å². The summed E-state index contributed by atoms with van der Waals surface area (Å²) in [6.45, 7) is 2.10. The van der Waals surface area contributed by atoms with Gasteiger partial charge >= 0.3 is 6.18 Å². The second-order valence-electron chi connectivity index (χ2n) is 7.06. The zero-order chi connectivity index (χ0) is 22.2. The first kappa shape index (κ1) is 21.7. The number of carbonyl (C=O) groups excluding carboxylic acids is 2. The molecule has 1 aromatic carbocycles. The van der Waals surface area contributed by atoms with Crippen molar-refractivity contribution in [3.63, 3.8) is 0 Å². The van der Waals surface area contributed by atoms with Gasteiger partial charge in [-0.05, 0) is 43.2 Å². The molecular formula is C20H19F4N3O3. The molecule has 2 heterocycles. The lowest BCUT2D eigenvalue weighted by molar-refractivity contribution is -0.148. The summed E-state index contributed by atoms with van der Waals surface area (Å²) in [5.41, 5.74) is 0.0386. The molecule has 10 heteroatoms. The number of anilines is 1. The number of aliphatic hydroxyl groups excluding tert-OH is 1. The van der Waals surface area contributed by atoms with E-state index in [1.54, 1.807) is 6.92 Å². The number of rotatable bonds is 4. The van der Waals surface area contributed by atoms with Crippen molar-refractivity contribution in [1.29, 1.82) is 0 Å². The van der Waals surface area contributed by atoms with Crippen LogP contribution in [0.25, 0.3) is 0 Å². The normalized spacial score (nSPS) is 20.1. The van der Waals surface area contributed by atoms with Crippen molar-refractivity contribution in [2.75, 3.05) is 11.5 Å². The summed E-state index contributed by atoms with van der Waals surface area (Å²) in [5.74, 6) is -2.42. The maximum Gasteiger partial charge on any atom is 0.416 e. The third kappa shape index (κ3) is 4.00. The van der Waals surface area contributed by atoms with E-state index >= 15 is 0 Å². The summed E-state index contributed by atoms with van der Waals surface area (Å²) < 4.78 is 52.6. The molecule has 0 bridgehead atoms. The lowest BCUT2D eigenvalue weighted by atomic mass is 10.0. The van der Waals surface area contributed by atoms with Crippen LogP contribution < -0.4 is 4.90 Å². The van der Waals surface area contributed by atoms with Gasteiger partial charge in [-0.3, -0.25) is 14.5 Å². The van der Waals surface area contributed by atoms with Crippen LogP contribution >= 0.6 is 0 Å². The fourth-order valence-corrected chi connectivity index (χ4v) is 3.34. The summed E-state index contributed by atoms with van der Waals surface area (Å²) in [7, 11) is 0. The Balaban J connectivity index is 1.89. The Morgan fingerprint density at radius 1 is 1.13 bits per heavy atom. The van der Waals surface area contributed by atoms with E-state index in [4.69, 9.17) is 0 Å². The Bertz CT molecular complexity index is 963. The smallest absolute Gasteiger partial charge is 0.394 e. The molecule has 2 amide bonds. The molecule has 3 rings (SSSR count). The number of aryl methyl sites for hydroxylation is 1. The number of halogens is 4. The van der Waals surface area contributed by atoms with Gasteiger partial charge in [0.25, 0.3) is 5.91 Å². The molecule has 2 aromatic rings. The van der Waals surface area contributed by atoms with Crippen molar-refractivity contribution in [2.24, 2.45) is 0 Å². The molecule has 1 aliphatic heterocycles. The minimum atomic E-state index is -4.50. The number of alkyl halides is 3. The highest BCUT2D eigenvalue weighted by molar-refractivity contribution is 6.07. The number of carbonyl (C=O) groups is 2. The van der Waals surface area contributed by atoms with E-state index in [1.165, 1.54) is 31.3 Å². The third-order valence-corrected chi connectivity index (χ3v) is 4.92. The molecule has 1 saturated heterocycles. The summed E-state index contributed by atoms with van der Waals surface area (Å²) >= 11 is 0. The molecule has 1 aromatic heterocycles. The Hall–Kier alpha value is -3.01. The molecule has 6 nitrogen and oxygen atoms in total. The molecule has 0 radical (unpaired) electrons. The van der Waals surface area contributed by atoms with E-state index in [9.17, 15) is 32.3 Å². The van der Waals surface area contributed by atoms with Crippen molar-refractivity contribution in [3.8, 4) is 0 Å². The standard InChI is InChI=1S/C20H19F4N3O3/c1-11-7-15(21)17(25-8-11)27-12(2)18(29)26(16(10-28)19(27)30)9-13-3-5-14(6-4-13)20(22,23)24/h3-8,12,16,28H,9-10H2,1-2H3/t12-,16?/m0/s1. The molecule has 0 spiro atoms. The number of piperazine rings is 1. The molecule has 1 unspecified atom stereocenters. The summed E-state index contributed by atoms with van der Waals surface area (Å²) in [5, 5.41) is 9.74. The van der Waals surface area contributed by atoms with E-state index in [2.05, 4.69) is 4.98 Å². The molecule has 2 atom stereocenters. The first-order valence-corrected chi connectivity index (χ1v) is 9.07. The van der Waals surface area contributed by atoms with Crippen molar-refractivity contribution in [1.82, 2.24) is 9.88 Å². The lowest BCUT2D eigenvalue weighted by Gasteiger charge is -2.42. The van der Waals surface area contributed by atoms with Crippen LogP contribution in [0.4, 0.5) is 23.4 Å². The van der Waals surface area contributed by atoms with Gasteiger partial charge < -0.3 is 10.0 Å². The van der Waals surface area contributed by atoms with E-state index in [0.717, 1.165) is 21.9 Å². The second kappa shape index (κ2) is 8.02. The topological polar surface area (TPSA) is 73.7 Å². The number of hydrogen-bond donors (Lipinski definition) is 1. The van der Waals surface area contributed by atoms with Crippen molar-refractivity contribution in [2.45, 2.75) is 38.7 Å². The third-order valence-electron chi connectivity index (χ3n) is 4.92. The van der Waals surface area contributed by atoms with Crippen LogP contribution in [0, 0.1) is 12.7 Å². The molecule has 0 saturated carbocycles. The van der Waals surface area contributed by atoms with Crippen LogP contribution in [0.5, 0.6) is 0 Å². The predicted molar refractivity (Wildman–Crippen MR) is 98.7 cm³/mol. The zero-order valence-electron chi connectivity index (χ0n) is 16.2. The van der Waals surface area contributed by atoms with Crippen molar-refractivity contribution < 1.29 is 32.3 Å². The van der Waals surface area contributed by atoms with E-state index in [0.29, 0.717) is 11.1 Å². The van der Waals surface area contributed by atoms with E-state index < -0.39 is 48.1 Å². The average Bonchev–Trinajstić information content (AvgIpc) is 2.67. The molecule has 1 aliphatic rings. The second-order valence-corrected chi connectivity index (χ2v) is 7.06. The highest BCUT2D eigenvalue weighted by Gasteiger charge is 2.45. The number of pyridine rings is 1. The SMILES string of the molecule is Cc1cnc(N2C(=O)C(CO)N(Cc3ccc(C(F)(F)F)cc3)C(=O)[C@@H]2C)c(F)c1. The maximum absolute atomic E-state index is 14.4. The molecule has 0 aliphatic carbocycles. The molecule has 1 N–H and O–H groups in total. The fourth-order valence-electron chi connectivity index (χ4n) is 3.34. The molecule has 160 valence electrons. The number of aromatic nitrogens is 1. The van der Waals surface area contributed by atoms with E-state index in [-0.39, 0.29) is 12.4 Å². The summed E-state index contributed by atoms with van der Waals surface area (Å²) in [6.07, 6.45) is -3.14. The zero-order valence-corrected chi connectivity index (χ0v) is 16.2. The highest BCUT2D eigenvalue weighted by atomic mass is 19.4. The van der Waals surface area contributed by atoms with Crippen molar-refractivity contribution in [3.05, 3.63) is 59.0 Å². The number of aliphatic hydroxyl groups is 1. The van der Waals surface area contributed by atoms with Crippen molar-refractivity contribution >= 4 is 17.6 Å². The van der Waals surface area contributed by atoms with Gasteiger partial charge in [0.2, 0.25) is 5.91 Å². The highest BCUT2D eigenvalue weighted by Crippen LogP contribution is 2.30. The van der Waals surface area contributed by atoms with Gasteiger partial charge in [0.05, 0.1) is 12.2 Å². The first-order chi connectivity index (χ1) is 14.0. The van der Waals surface area contributed by atoms with Crippen LogP contribution in [-0.4, -0.2) is 45.5 Å². The maximum atomic E-state index is 14.4. The average molecular weight is 425 g/mol. The lowest BCUT2D eigenvalue weighted by Crippen LogP contribution is -2.65. The Morgan fingerprint density at radius 2 is 1.77 bits per heavy atom. The fraction of sp³-hybridized carbons (Fsp3) is 0.350. The van der Waals surface area contributed by atoms with E-state index in [1.807, 2.05) is 0 Å². The van der Waals surface area contributed by atoms with Crippen LogP contribution in [0.1, 0.15) is 23.6 Å². The monoisotopic (exact) mass is 425 g/mol. The Morgan fingerprint density at radius 3 is 2.30 bits per heavy atom. The molecule has 30 heavy (non-hydrogen) atoms. The predicted octanol–water partition coefficient (Wildman–Crippen LogP) is 2.67. The summed E-state index contributed by atoms with van der Waals surface area (Å²) in [6, 6.07) is 2.90. The Kier molecular flexibility index (Phi) is 5.80. The largest absolute Gasteiger partial charge is 0.416 e. The van der Waals surface area contributed by atoms with Crippen LogP contribution in [0.2, 0.25) is 0 Å². The molecule has 1 fully saturated rings. The van der Waals surface area contributed by atoms with Crippen LogP contribution in [0.15, 0.2) is 36.5 Å². The number of nitrogens with zero attached hydrogens (tertiary/aromatic N) is 3. The van der Waals surface area contributed by atoms with Gasteiger partial charge in [0, 0.05) is 12.7 Å². The minimum Gasteiger partial charge on any atom is -0.394 e. The van der Waals surface area contributed by atoms with Gasteiger partial charge in [-0.25, -0.2) is 9.37 Å². The summed E-state index contributed by atoms with van der Waals surface area (Å²) in [4.78, 5) is 31.8. The molecular weight excluding hydrogens is 406 g/mol. The first-order valence-electron chi connectivity index (χ1n) is 9.07. The van der Waals surface area contributed by atoms with Gasteiger partial charge in [-0.1, -0.05) is 12.1 Å². The quantitative estimate of drug-likeness (QED) is 0.765. The van der Waals surface area contributed by atoms with Gasteiger partial charge in [-0.15, -0.1) is 0 Å². The van der Waals surface area contributed by atoms with Crippen LogP contribution in [-0.2, 0) is 22.3 Å². The number of benzene rings is 1. The number of amides is 2. The van der Waals surface area contributed by atoms with Gasteiger partial charge in [-0.2, -0.15) is 13.2 Å². The Labute approximate surface area is 169 Å².